The van der Waals surface area contributed by atoms with Crippen molar-refractivity contribution >= 4 is 29.6 Å². The molecule has 0 saturated carbocycles. The average Bonchev–Trinajstić information content (AvgIpc) is 2.35. The number of urea groups is 1. The number of rotatable bonds is 4. The van der Waals surface area contributed by atoms with E-state index in [9.17, 15) is 9.59 Å². The summed E-state index contributed by atoms with van der Waals surface area (Å²) in [5.41, 5.74) is 6.18. The third-order valence-corrected chi connectivity index (χ3v) is 2.54. The van der Waals surface area contributed by atoms with E-state index >= 15 is 0 Å². The Labute approximate surface area is 117 Å². The van der Waals surface area contributed by atoms with Gasteiger partial charge in [-0.15, -0.1) is 0 Å². The van der Waals surface area contributed by atoms with Gasteiger partial charge in [0.05, 0.1) is 0 Å². The summed E-state index contributed by atoms with van der Waals surface area (Å²) < 4.78 is 0. The maximum atomic E-state index is 11.7. The summed E-state index contributed by atoms with van der Waals surface area (Å²) >= 11 is 5.83. The van der Waals surface area contributed by atoms with Crippen LogP contribution in [-0.4, -0.2) is 29.9 Å². The highest BCUT2D eigenvalue weighted by molar-refractivity contribution is 6.30. The normalized spacial score (nSPS) is 10.5. The van der Waals surface area contributed by atoms with E-state index in [0.717, 1.165) is 10.5 Å². The Morgan fingerprint density at radius 2 is 2.21 bits per heavy atom. The molecule has 0 aromatic heterocycles. The smallest absolute Gasteiger partial charge is 0.328 e. The van der Waals surface area contributed by atoms with Crippen LogP contribution >= 0.6 is 11.6 Å². The van der Waals surface area contributed by atoms with Gasteiger partial charge in [0.2, 0.25) is 5.91 Å². The second kappa shape index (κ2) is 7.56. The third kappa shape index (κ3) is 5.11. The number of imide groups is 1. The number of carbonyl (C=O) groups is 2. The molecule has 3 amide bonds. The van der Waals surface area contributed by atoms with Crippen LogP contribution in [0.15, 0.2) is 30.5 Å². The molecule has 3 N–H and O–H groups in total. The second-order valence-electron chi connectivity index (χ2n) is 3.80. The monoisotopic (exact) mass is 281 g/mol. The van der Waals surface area contributed by atoms with E-state index in [1.54, 1.807) is 24.3 Å². The van der Waals surface area contributed by atoms with E-state index in [2.05, 4.69) is 5.32 Å². The molecule has 0 aliphatic rings. The molecule has 0 heterocycles. The van der Waals surface area contributed by atoms with Crippen molar-refractivity contribution in [3.8, 4) is 0 Å². The number of hydrogen-bond acceptors (Lipinski definition) is 3. The van der Waals surface area contributed by atoms with Gasteiger partial charge in [0.15, 0.2) is 0 Å². The van der Waals surface area contributed by atoms with E-state index < -0.39 is 6.03 Å². The topological polar surface area (TPSA) is 75.4 Å². The summed E-state index contributed by atoms with van der Waals surface area (Å²) in [5, 5.41) is 3.12. The van der Waals surface area contributed by atoms with Gasteiger partial charge in [-0.3, -0.25) is 9.69 Å². The second-order valence-corrected chi connectivity index (χ2v) is 4.23. The average molecular weight is 282 g/mol. The lowest BCUT2D eigenvalue weighted by Gasteiger charge is -2.17. The maximum absolute atomic E-state index is 11.7. The van der Waals surface area contributed by atoms with Crippen molar-refractivity contribution in [2.24, 2.45) is 5.73 Å². The number of carbonyl (C=O) groups excluding carboxylic acids is 2. The highest BCUT2D eigenvalue weighted by Crippen LogP contribution is 2.11. The van der Waals surface area contributed by atoms with Crippen LogP contribution in [0.5, 0.6) is 0 Å². The lowest BCUT2D eigenvalue weighted by Crippen LogP contribution is -2.43. The zero-order valence-corrected chi connectivity index (χ0v) is 11.4. The highest BCUT2D eigenvalue weighted by Gasteiger charge is 2.15. The molecule has 102 valence electrons. The fourth-order valence-electron chi connectivity index (χ4n) is 1.43. The summed E-state index contributed by atoms with van der Waals surface area (Å²) in [6.07, 6.45) is 3.14. The molecule has 0 unspecified atom stereocenters. The Hall–Kier alpha value is -1.85. The van der Waals surface area contributed by atoms with Crippen molar-refractivity contribution in [3.05, 3.63) is 41.1 Å². The van der Waals surface area contributed by atoms with E-state index in [4.69, 9.17) is 17.3 Å². The first-order valence-corrected chi connectivity index (χ1v) is 6.13. The van der Waals surface area contributed by atoms with Crippen molar-refractivity contribution in [3.63, 3.8) is 0 Å². The predicted molar refractivity (Wildman–Crippen MR) is 75.5 cm³/mol. The molecule has 0 saturated heterocycles. The standard InChI is InChI=1S/C13H16ClN3O2/c1-10(18)17(8-6-15)13(19)16-7-5-11-3-2-4-12(14)9-11/h2-5,7,9H,6,8,15H2,1H3,(H,16,19)/b7-5+. The number of amides is 3. The molecule has 0 atom stereocenters. The van der Waals surface area contributed by atoms with Crippen molar-refractivity contribution < 1.29 is 9.59 Å². The minimum atomic E-state index is -0.503. The van der Waals surface area contributed by atoms with Gasteiger partial charge in [-0.25, -0.2) is 4.79 Å². The van der Waals surface area contributed by atoms with Gasteiger partial charge in [0.25, 0.3) is 0 Å². The van der Waals surface area contributed by atoms with Gasteiger partial charge in [-0.05, 0) is 23.8 Å². The molecule has 0 radical (unpaired) electrons. The fraction of sp³-hybridized carbons (Fsp3) is 0.231. The first kappa shape index (κ1) is 15.2. The van der Waals surface area contributed by atoms with Crippen molar-refractivity contribution in [1.29, 1.82) is 0 Å². The quantitative estimate of drug-likeness (QED) is 0.884. The molecule has 5 nitrogen and oxygen atoms in total. The SMILES string of the molecule is CC(=O)N(CCN)C(=O)N/C=C/c1cccc(Cl)c1. The van der Waals surface area contributed by atoms with Gasteiger partial charge < -0.3 is 11.1 Å². The van der Waals surface area contributed by atoms with E-state index in [0.29, 0.717) is 5.02 Å². The molecular formula is C13H16ClN3O2. The molecule has 0 fully saturated rings. The van der Waals surface area contributed by atoms with Gasteiger partial charge in [-0.2, -0.15) is 0 Å². The zero-order valence-electron chi connectivity index (χ0n) is 10.6. The number of nitrogens with two attached hydrogens (primary N) is 1. The largest absolute Gasteiger partial charge is 0.329 e. The summed E-state index contributed by atoms with van der Waals surface area (Å²) in [6, 6.07) is 6.66. The van der Waals surface area contributed by atoms with Gasteiger partial charge in [-0.1, -0.05) is 23.7 Å². The Kier molecular flexibility index (Phi) is 6.05. The lowest BCUT2D eigenvalue weighted by molar-refractivity contribution is -0.125. The summed E-state index contributed by atoms with van der Waals surface area (Å²) in [6.45, 7) is 1.73. The van der Waals surface area contributed by atoms with Crippen LogP contribution in [0.25, 0.3) is 6.08 Å². The van der Waals surface area contributed by atoms with E-state index in [1.165, 1.54) is 13.1 Å². The van der Waals surface area contributed by atoms with Crippen LogP contribution in [-0.2, 0) is 4.79 Å². The molecule has 6 heteroatoms. The molecule has 1 aromatic carbocycles. The molecule has 1 rings (SSSR count). The van der Waals surface area contributed by atoms with Crippen LogP contribution in [0, 0.1) is 0 Å². The molecule has 0 aliphatic heterocycles. The summed E-state index contributed by atoms with van der Waals surface area (Å²) in [4.78, 5) is 24.0. The number of halogens is 1. The minimum Gasteiger partial charge on any atom is -0.329 e. The molecule has 0 aliphatic carbocycles. The molecule has 1 aromatic rings. The van der Waals surface area contributed by atoms with E-state index in [1.807, 2.05) is 6.07 Å². The van der Waals surface area contributed by atoms with Gasteiger partial charge >= 0.3 is 6.03 Å². The first-order valence-electron chi connectivity index (χ1n) is 5.75. The zero-order chi connectivity index (χ0) is 14.3. The molecular weight excluding hydrogens is 266 g/mol. The van der Waals surface area contributed by atoms with Gasteiger partial charge in [0, 0.05) is 31.2 Å². The number of nitrogens with zero attached hydrogens (tertiary/aromatic N) is 1. The van der Waals surface area contributed by atoms with Crippen molar-refractivity contribution in [1.82, 2.24) is 10.2 Å². The summed E-state index contributed by atoms with van der Waals surface area (Å²) in [7, 11) is 0. The van der Waals surface area contributed by atoms with Crippen LogP contribution in [0.4, 0.5) is 4.79 Å². The van der Waals surface area contributed by atoms with Crippen LogP contribution < -0.4 is 11.1 Å². The Morgan fingerprint density at radius 3 is 2.79 bits per heavy atom. The predicted octanol–water partition coefficient (Wildman–Crippen LogP) is 1.83. The van der Waals surface area contributed by atoms with Crippen LogP contribution in [0.1, 0.15) is 12.5 Å². The fourth-order valence-corrected chi connectivity index (χ4v) is 1.63. The first-order chi connectivity index (χ1) is 9.04. The Morgan fingerprint density at radius 1 is 1.47 bits per heavy atom. The van der Waals surface area contributed by atoms with Gasteiger partial charge in [0.1, 0.15) is 0 Å². The lowest BCUT2D eigenvalue weighted by atomic mass is 10.2. The highest BCUT2D eigenvalue weighted by atomic mass is 35.5. The number of nitrogens with one attached hydrogen (secondary N) is 1. The Balaban J connectivity index is 2.60. The van der Waals surface area contributed by atoms with E-state index in [-0.39, 0.29) is 19.0 Å². The summed E-state index contributed by atoms with van der Waals surface area (Å²) in [5.74, 6) is -0.348. The number of benzene rings is 1. The maximum Gasteiger partial charge on any atom is 0.328 e. The molecule has 0 spiro atoms. The van der Waals surface area contributed by atoms with Crippen molar-refractivity contribution in [2.45, 2.75) is 6.92 Å². The third-order valence-electron chi connectivity index (χ3n) is 2.31. The van der Waals surface area contributed by atoms with Crippen LogP contribution in [0.3, 0.4) is 0 Å². The molecule has 0 bridgehead atoms. The van der Waals surface area contributed by atoms with Crippen LogP contribution in [0.2, 0.25) is 5.02 Å². The Bertz CT molecular complexity index is 489. The minimum absolute atomic E-state index is 0.187. The molecule has 19 heavy (non-hydrogen) atoms. The number of hydrogen-bond donors (Lipinski definition) is 2. The van der Waals surface area contributed by atoms with Crippen molar-refractivity contribution in [2.75, 3.05) is 13.1 Å².